The molecule has 0 radical (unpaired) electrons. The molecule has 7 heteroatoms. The van der Waals surface area contributed by atoms with Gasteiger partial charge < -0.3 is 9.88 Å². The Morgan fingerprint density at radius 2 is 2.15 bits per heavy atom. The van der Waals surface area contributed by atoms with E-state index >= 15 is 0 Å². The summed E-state index contributed by atoms with van der Waals surface area (Å²) in [6.07, 6.45) is 12.7. The summed E-state index contributed by atoms with van der Waals surface area (Å²) in [5.74, 6) is 0.0328. The van der Waals surface area contributed by atoms with Crippen LogP contribution in [-0.4, -0.2) is 42.0 Å². The first kappa shape index (κ1) is 15.7. The van der Waals surface area contributed by atoms with Gasteiger partial charge in [-0.25, -0.2) is 0 Å². The molecular formula is C20H18N6O. The monoisotopic (exact) mass is 358 g/mol. The van der Waals surface area contributed by atoms with E-state index < -0.39 is 0 Å². The summed E-state index contributed by atoms with van der Waals surface area (Å²) >= 11 is 0. The molecule has 0 saturated heterocycles. The molecule has 0 spiro atoms. The molecule has 1 saturated carbocycles. The van der Waals surface area contributed by atoms with Crippen molar-refractivity contribution in [2.24, 2.45) is 0 Å². The Hall–Kier alpha value is -3.48. The van der Waals surface area contributed by atoms with Gasteiger partial charge in [0.1, 0.15) is 0 Å². The minimum Gasteiger partial charge on any atom is -0.360 e. The summed E-state index contributed by atoms with van der Waals surface area (Å²) in [7, 11) is 0. The lowest BCUT2D eigenvalue weighted by atomic mass is 10.1. The van der Waals surface area contributed by atoms with Crippen molar-refractivity contribution < 1.29 is 4.79 Å². The van der Waals surface area contributed by atoms with Gasteiger partial charge in [-0.3, -0.25) is 19.9 Å². The van der Waals surface area contributed by atoms with Crippen molar-refractivity contribution in [3.8, 4) is 11.3 Å². The number of rotatable bonds is 5. The molecular weight excluding hydrogens is 340 g/mol. The Labute approximate surface area is 155 Å². The van der Waals surface area contributed by atoms with Crippen molar-refractivity contribution in [3.05, 3.63) is 66.5 Å². The second-order valence-corrected chi connectivity index (χ2v) is 6.83. The van der Waals surface area contributed by atoms with Gasteiger partial charge >= 0.3 is 0 Å². The van der Waals surface area contributed by atoms with Gasteiger partial charge in [-0.15, -0.1) is 0 Å². The van der Waals surface area contributed by atoms with Crippen LogP contribution in [0.25, 0.3) is 22.2 Å². The number of carbonyl (C=O) groups excluding carboxylic acids is 1. The molecule has 5 rings (SSSR count). The molecule has 0 unspecified atom stereocenters. The zero-order chi connectivity index (χ0) is 18.2. The van der Waals surface area contributed by atoms with Crippen LogP contribution in [0.15, 0.2) is 55.4 Å². The van der Waals surface area contributed by atoms with Gasteiger partial charge in [0, 0.05) is 60.0 Å². The van der Waals surface area contributed by atoms with Crippen molar-refractivity contribution in [1.29, 1.82) is 0 Å². The van der Waals surface area contributed by atoms with Crippen LogP contribution in [0.2, 0.25) is 0 Å². The average Bonchev–Trinajstić information content (AvgIpc) is 3.23. The molecule has 0 bridgehead atoms. The second kappa shape index (κ2) is 6.35. The molecule has 27 heavy (non-hydrogen) atoms. The summed E-state index contributed by atoms with van der Waals surface area (Å²) in [5, 5.41) is 7.59. The maximum Gasteiger partial charge on any atom is 0.256 e. The summed E-state index contributed by atoms with van der Waals surface area (Å²) in [6.45, 7) is 0.574. The van der Waals surface area contributed by atoms with E-state index in [1.807, 2.05) is 29.3 Å². The van der Waals surface area contributed by atoms with Crippen LogP contribution < -0.4 is 0 Å². The summed E-state index contributed by atoms with van der Waals surface area (Å²) in [4.78, 5) is 27.1. The molecule has 0 aromatic carbocycles. The van der Waals surface area contributed by atoms with Crippen LogP contribution in [0.5, 0.6) is 0 Å². The van der Waals surface area contributed by atoms with E-state index in [0.29, 0.717) is 18.2 Å². The zero-order valence-corrected chi connectivity index (χ0v) is 14.6. The number of fused-ring (bicyclic) bond motifs is 1. The Morgan fingerprint density at radius 1 is 1.22 bits per heavy atom. The van der Waals surface area contributed by atoms with Crippen molar-refractivity contribution in [3.63, 3.8) is 0 Å². The highest BCUT2D eigenvalue weighted by Gasteiger charge is 2.34. The van der Waals surface area contributed by atoms with E-state index in [1.54, 1.807) is 31.0 Å². The van der Waals surface area contributed by atoms with Crippen LogP contribution in [0, 0.1) is 0 Å². The fourth-order valence-electron chi connectivity index (χ4n) is 3.34. The first-order chi connectivity index (χ1) is 13.3. The SMILES string of the molecule is O=C(c1c[nH]c2cc(-c3cn[nH]c3)ncc12)N(Cc1cccnc1)C1CC1. The van der Waals surface area contributed by atoms with Gasteiger partial charge in [-0.2, -0.15) is 5.10 Å². The highest BCUT2D eigenvalue weighted by molar-refractivity contribution is 6.07. The number of hydrogen-bond donors (Lipinski definition) is 2. The van der Waals surface area contributed by atoms with Gasteiger partial charge in [-0.05, 0) is 30.5 Å². The maximum atomic E-state index is 13.3. The normalized spacial score (nSPS) is 13.8. The Kier molecular flexibility index (Phi) is 3.71. The molecule has 0 atom stereocenters. The van der Waals surface area contributed by atoms with E-state index in [9.17, 15) is 4.79 Å². The van der Waals surface area contributed by atoms with Crippen LogP contribution in [0.4, 0.5) is 0 Å². The van der Waals surface area contributed by atoms with Gasteiger partial charge in [0.2, 0.25) is 0 Å². The fraction of sp³-hybridized carbons (Fsp3) is 0.200. The third kappa shape index (κ3) is 2.97. The maximum absolute atomic E-state index is 13.3. The van der Waals surface area contributed by atoms with E-state index in [-0.39, 0.29) is 5.91 Å². The second-order valence-electron chi connectivity index (χ2n) is 6.83. The van der Waals surface area contributed by atoms with Crippen LogP contribution in [0.3, 0.4) is 0 Å². The highest BCUT2D eigenvalue weighted by Crippen LogP contribution is 2.31. The van der Waals surface area contributed by atoms with Crippen molar-refractivity contribution in [1.82, 2.24) is 30.0 Å². The van der Waals surface area contributed by atoms with Crippen LogP contribution in [0.1, 0.15) is 28.8 Å². The number of aromatic amines is 2. The molecule has 4 heterocycles. The predicted molar refractivity (Wildman–Crippen MR) is 101 cm³/mol. The van der Waals surface area contributed by atoms with Crippen LogP contribution in [-0.2, 0) is 6.54 Å². The predicted octanol–water partition coefficient (Wildman–Crippen LogP) is 3.15. The lowest BCUT2D eigenvalue weighted by Crippen LogP contribution is -2.32. The Morgan fingerprint density at radius 3 is 2.89 bits per heavy atom. The molecule has 134 valence electrons. The third-order valence-electron chi connectivity index (χ3n) is 4.91. The standard InChI is InChI=1S/C20H18N6O/c27-20(26(15-3-4-15)12-13-2-1-5-21-7-13)17-11-23-19-6-18(22-10-16(17)19)14-8-24-25-9-14/h1-2,5-11,15,23H,3-4,12H2,(H,24,25). The van der Waals surface area contributed by atoms with E-state index in [0.717, 1.165) is 40.6 Å². The number of amides is 1. The molecule has 1 fully saturated rings. The number of pyridine rings is 2. The molecule has 0 aliphatic heterocycles. The molecule has 1 aliphatic rings. The van der Waals surface area contributed by atoms with Crippen LogP contribution >= 0.6 is 0 Å². The summed E-state index contributed by atoms with van der Waals surface area (Å²) < 4.78 is 0. The largest absolute Gasteiger partial charge is 0.360 e. The first-order valence-electron chi connectivity index (χ1n) is 8.96. The van der Waals surface area contributed by atoms with Gasteiger partial charge in [0.05, 0.1) is 17.5 Å². The number of nitrogens with zero attached hydrogens (tertiary/aromatic N) is 4. The van der Waals surface area contributed by atoms with Gasteiger partial charge in [0.25, 0.3) is 5.91 Å². The van der Waals surface area contributed by atoms with Gasteiger partial charge in [0.15, 0.2) is 0 Å². The minimum atomic E-state index is 0.0328. The van der Waals surface area contributed by atoms with Crippen molar-refractivity contribution in [2.45, 2.75) is 25.4 Å². The molecule has 1 amide bonds. The molecule has 7 nitrogen and oxygen atoms in total. The first-order valence-corrected chi connectivity index (χ1v) is 8.96. The third-order valence-corrected chi connectivity index (χ3v) is 4.91. The summed E-state index contributed by atoms with van der Waals surface area (Å²) in [6, 6.07) is 6.15. The smallest absolute Gasteiger partial charge is 0.256 e. The number of carbonyl (C=O) groups is 1. The number of hydrogen-bond acceptors (Lipinski definition) is 4. The Balaban J connectivity index is 1.47. The van der Waals surface area contributed by atoms with E-state index in [2.05, 4.69) is 25.1 Å². The zero-order valence-electron chi connectivity index (χ0n) is 14.6. The van der Waals surface area contributed by atoms with Crippen molar-refractivity contribution >= 4 is 16.8 Å². The quantitative estimate of drug-likeness (QED) is 0.573. The minimum absolute atomic E-state index is 0.0328. The topological polar surface area (TPSA) is 90.6 Å². The molecule has 1 aliphatic carbocycles. The number of H-pyrrole nitrogens is 2. The average molecular weight is 358 g/mol. The summed E-state index contributed by atoms with van der Waals surface area (Å²) in [5.41, 5.74) is 4.31. The van der Waals surface area contributed by atoms with E-state index in [1.165, 1.54) is 0 Å². The molecule has 4 aromatic heterocycles. The lowest BCUT2D eigenvalue weighted by molar-refractivity contribution is 0.0732. The number of nitrogens with one attached hydrogen (secondary N) is 2. The molecule has 2 N–H and O–H groups in total. The highest BCUT2D eigenvalue weighted by atomic mass is 16.2. The lowest BCUT2D eigenvalue weighted by Gasteiger charge is -2.22. The van der Waals surface area contributed by atoms with E-state index in [4.69, 9.17) is 0 Å². The Bertz CT molecular complexity index is 1080. The van der Waals surface area contributed by atoms with Gasteiger partial charge in [-0.1, -0.05) is 6.07 Å². The molecule has 4 aromatic rings. The fourth-order valence-corrected chi connectivity index (χ4v) is 3.34. The van der Waals surface area contributed by atoms with Crippen molar-refractivity contribution in [2.75, 3.05) is 0 Å². The number of aromatic nitrogens is 5.